The van der Waals surface area contributed by atoms with Gasteiger partial charge in [-0.1, -0.05) is 32.9 Å². The molecular weight excluding hydrogens is 242 g/mol. The van der Waals surface area contributed by atoms with Gasteiger partial charge in [0.1, 0.15) is 5.78 Å². The van der Waals surface area contributed by atoms with Gasteiger partial charge in [-0.05, 0) is 0 Å². The van der Waals surface area contributed by atoms with Crippen molar-refractivity contribution in [3.8, 4) is 0 Å². The third-order valence-electron chi connectivity index (χ3n) is 2.74. The first kappa shape index (κ1) is 15.8. The number of hydrogen-bond donors (Lipinski definition) is 2. The Morgan fingerprint density at radius 1 is 1.37 bits per heavy atom. The van der Waals surface area contributed by atoms with Crippen LogP contribution in [0.15, 0.2) is 6.20 Å². The summed E-state index contributed by atoms with van der Waals surface area (Å²) in [5.41, 5.74) is 0.937. The van der Waals surface area contributed by atoms with Gasteiger partial charge in [-0.2, -0.15) is 0 Å². The van der Waals surface area contributed by atoms with Gasteiger partial charge in [0.2, 0.25) is 0 Å². The van der Waals surface area contributed by atoms with E-state index in [0.29, 0.717) is 12.6 Å². The molecule has 0 aliphatic carbocycles. The van der Waals surface area contributed by atoms with Crippen LogP contribution in [0.3, 0.4) is 0 Å². The lowest BCUT2D eigenvalue weighted by atomic mass is 10.1. The molecule has 0 spiro atoms. The van der Waals surface area contributed by atoms with E-state index < -0.39 is 0 Å². The van der Waals surface area contributed by atoms with Gasteiger partial charge >= 0.3 is 0 Å². The summed E-state index contributed by atoms with van der Waals surface area (Å²) in [4.78, 5) is 11.4. The molecule has 0 unspecified atom stereocenters. The zero-order chi connectivity index (χ0) is 14.3. The maximum absolute atomic E-state index is 11.4. The Hall–Kier alpha value is -1.27. The van der Waals surface area contributed by atoms with Gasteiger partial charge in [0.15, 0.2) is 0 Å². The number of nitrogens with zero attached hydrogens (tertiary/aromatic N) is 3. The number of ketones is 1. The van der Waals surface area contributed by atoms with Crippen LogP contribution in [0.5, 0.6) is 0 Å². The van der Waals surface area contributed by atoms with Gasteiger partial charge in [-0.25, -0.2) is 0 Å². The molecule has 1 aromatic rings. The molecule has 0 saturated heterocycles. The van der Waals surface area contributed by atoms with E-state index in [1.165, 1.54) is 0 Å². The molecule has 108 valence electrons. The van der Waals surface area contributed by atoms with E-state index in [4.69, 9.17) is 0 Å². The van der Waals surface area contributed by atoms with Crippen molar-refractivity contribution in [2.24, 2.45) is 5.92 Å². The molecular formula is C13H25N5O. The molecule has 0 aromatic carbocycles. The molecule has 2 N–H and O–H groups in total. The number of aromatic nitrogens is 3. The van der Waals surface area contributed by atoms with Crippen LogP contribution in [0.4, 0.5) is 0 Å². The summed E-state index contributed by atoms with van der Waals surface area (Å²) in [5.74, 6) is 0.327. The highest BCUT2D eigenvalue weighted by Crippen LogP contribution is 1.94. The molecule has 19 heavy (non-hydrogen) atoms. The van der Waals surface area contributed by atoms with Crippen LogP contribution in [0, 0.1) is 5.92 Å². The monoisotopic (exact) mass is 267 g/mol. The maximum Gasteiger partial charge on any atom is 0.149 e. The van der Waals surface area contributed by atoms with Crippen molar-refractivity contribution < 1.29 is 4.79 Å². The second-order valence-corrected chi connectivity index (χ2v) is 5.31. The molecule has 0 aliphatic heterocycles. The fraction of sp³-hybridized carbons (Fsp3) is 0.769. The number of nitrogens with one attached hydrogen (secondary N) is 2. The zero-order valence-electron chi connectivity index (χ0n) is 12.3. The lowest BCUT2D eigenvalue weighted by Crippen LogP contribution is -2.29. The van der Waals surface area contributed by atoms with Crippen molar-refractivity contribution >= 4 is 5.78 Å². The highest BCUT2D eigenvalue weighted by atomic mass is 16.1. The Bertz CT molecular complexity index is 386. The Labute approximate surface area is 115 Å². The van der Waals surface area contributed by atoms with Crippen molar-refractivity contribution in [2.75, 3.05) is 13.1 Å². The smallest absolute Gasteiger partial charge is 0.149 e. The molecule has 0 amide bonds. The van der Waals surface area contributed by atoms with Crippen molar-refractivity contribution in [1.29, 1.82) is 0 Å². The fourth-order valence-electron chi connectivity index (χ4n) is 1.45. The summed E-state index contributed by atoms with van der Waals surface area (Å²) in [6, 6.07) is 0.439. The number of carbonyl (C=O) groups excluding carboxylic acids is 1. The van der Waals surface area contributed by atoms with Gasteiger partial charge in [0.25, 0.3) is 0 Å². The first-order valence-corrected chi connectivity index (χ1v) is 6.85. The second kappa shape index (κ2) is 8.01. The summed E-state index contributed by atoms with van der Waals surface area (Å²) in [7, 11) is 0. The van der Waals surface area contributed by atoms with Crippen LogP contribution < -0.4 is 10.6 Å². The average Bonchev–Trinajstić information content (AvgIpc) is 2.79. The number of hydrogen-bond acceptors (Lipinski definition) is 5. The van der Waals surface area contributed by atoms with Crippen LogP contribution >= 0.6 is 0 Å². The Kier molecular flexibility index (Phi) is 6.66. The Balaban J connectivity index is 2.21. The van der Waals surface area contributed by atoms with E-state index in [1.54, 1.807) is 4.68 Å². The molecule has 0 saturated carbocycles. The van der Waals surface area contributed by atoms with Gasteiger partial charge in [-0.15, -0.1) is 5.10 Å². The molecule has 1 aromatic heterocycles. The van der Waals surface area contributed by atoms with E-state index >= 15 is 0 Å². The predicted octanol–water partition coefficient (Wildman–Crippen LogP) is 0.591. The predicted molar refractivity (Wildman–Crippen MR) is 74.7 cm³/mol. The highest BCUT2D eigenvalue weighted by Gasteiger charge is 2.06. The molecule has 1 heterocycles. The van der Waals surface area contributed by atoms with Gasteiger partial charge < -0.3 is 10.6 Å². The molecule has 0 atom stereocenters. The first-order valence-electron chi connectivity index (χ1n) is 6.85. The van der Waals surface area contributed by atoms with Gasteiger partial charge in [0.05, 0.1) is 18.8 Å². The minimum Gasteiger partial charge on any atom is -0.309 e. The van der Waals surface area contributed by atoms with Crippen molar-refractivity contribution in [1.82, 2.24) is 25.6 Å². The number of rotatable bonds is 9. The maximum atomic E-state index is 11.4. The summed E-state index contributed by atoms with van der Waals surface area (Å²) in [5, 5.41) is 14.5. The highest BCUT2D eigenvalue weighted by molar-refractivity contribution is 5.82. The average molecular weight is 267 g/mol. The molecule has 0 radical (unpaired) electrons. The minimum atomic E-state index is 0.0904. The molecule has 1 rings (SSSR count). The molecule has 6 nitrogen and oxygen atoms in total. The SMILES string of the molecule is CC(C)NCc1cn(CCNCC(=O)C(C)C)nn1. The van der Waals surface area contributed by atoms with Crippen LogP contribution in [0.1, 0.15) is 33.4 Å². The van der Waals surface area contributed by atoms with Crippen molar-refractivity contribution in [2.45, 2.75) is 46.8 Å². The third-order valence-corrected chi connectivity index (χ3v) is 2.74. The van der Waals surface area contributed by atoms with E-state index in [1.807, 2.05) is 20.0 Å². The molecule has 0 aliphatic rings. The number of Topliss-reactive ketones (excluding diaryl/α,β-unsaturated/α-hetero) is 1. The van der Waals surface area contributed by atoms with Gasteiger partial charge in [-0.3, -0.25) is 9.48 Å². The standard InChI is InChI=1S/C13H25N5O/c1-10(2)13(19)8-14-5-6-18-9-12(16-17-18)7-15-11(3)4/h9-11,14-15H,5-8H2,1-4H3. The first-order chi connectivity index (χ1) is 8.99. The van der Waals surface area contributed by atoms with Gasteiger partial charge in [0, 0.05) is 31.2 Å². The number of carbonyl (C=O) groups is 1. The molecule has 0 bridgehead atoms. The van der Waals surface area contributed by atoms with Crippen molar-refractivity contribution in [3.63, 3.8) is 0 Å². The Morgan fingerprint density at radius 2 is 2.11 bits per heavy atom. The Morgan fingerprint density at radius 3 is 2.74 bits per heavy atom. The summed E-state index contributed by atoms with van der Waals surface area (Å²) < 4.78 is 1.80. The van der Waals surface area contributed by atoms with E-state index in [2.05, 4.69) is 34.8 Å². The van der Waals surface area contributed by atoms with Crippen LogP contribution in [0.25, 0.3) is 0 Å². The van der Waals surface area contributed by atoms with Crippen molar-refractivity contribution in [3.05, 3.63) is 11.9 Å². The minimum absolute atomic E-state index is 0.0904. The van der Waals surface area contributed by atoms with E-state index in [9.17, 15) is 4.79 Å². The van der Waals surface area contributed by atoms with E-state index in [-0.39, 0.29) is 11.7 Å². The molecule has 0 fully saturated rings. The van der Waals surface area contributed by atoms with Crippen LogP contribution in [-0.4, -0.2) is 39.9 Å². The lowest BCUT2D eigenvalue weighted by Gasteiger charge is -2.06. The van der Waals surface area contributed by atoms with E-state index in [0.717, 1.165) is 25.3 Å². The normalized spacial score (nSPS) is 11.5. The van der Waals surface area contributed by atoms with Crippen LogP contribution in [-0.2, 0) is 17.9 Å². The summed E-state index contributed by atoms with van der Waals surface area (Å²) in [6.07, 6.45) is 1.93. The molecule has 6 heteroatoms. The zero-order valence-corrected chi connectivity index (χ0v) is 12.3. The summed E-state index contributed by atoms with van der Waals surface area (Å²) in [6.45, 7) is 10.6. The fourth-order valence-corrected chi connectivity index (χ4v) is 1.45. The summed E-state index contributed by atoms with van der Waals surface area (Å²) >= 11 is 0. The lowest BCUT2D eigenvalue weighted by molar-refractivity contribution is -0.121. The van der Waals surface area contributed by atoms with Crippen LogP contribution in [0.2, 0.25) is 0 Å². The topological polar surface area (TPSA) is 71.8 Å². The quantitative estimate of drug-likeness (QED) is 0.641. The third kappa shape index (κ3) is 6.45. The largest absolute Gasteiger partial charge is 0.309 e. The second-order valence-electron chi connectivity index (χ2n) is 5.31.